The highest BCUT2D eigenvalue weighted by atomic mass is 79.9. The van der Waals surface area contributed by atoms with E-state index in [0.717, 1.165) is 18.3 Å². The summed E-state index contributed by atoms with van der Waals surface area (Å²) in [6, 6.07) is 8.47. The Balaban J connectivity index is 2.58. The molecule has 70 valence electrons. The van der Waals surface area contributed by atoms with Crippen molar-refractivity contribution in [2.24, 2.45) is 5.73 Å². The Morgan fingerprint density at radius 2 is 1.92 bits per heavy atom. The minimum atomic E-state index is 0.718. The summed E-state index contributed by atoms with van der Waals surface area (Å²) >= 11 is 3.41. The van der Waals surface area contributed by atoms with Gasteiger partial charge in [0.05, 0.1) is 0 Å². The maximum absolute atomic E-state index is 5.38. The maximum Gasteiger partial charge on any atom is 0.0283 e. The number of alkyl halides is 1. The van der Waals surface area contributed by atoms with Crippen LogP contribution in [-0.4, -0.2) is 6.54 Å². The first-order chi connectivity index (χ1) is 6.36. The molecule has 0 spiro atoms. The second kappa shape index (κ2) is 5.95. The summed E-state index contributed by atoms with van der Waals surface area (Å²) in [5, 5.41) is 0.916. The van der Waals surface area contributed by atoms with Gasteiger partial charge < -0.3 is 5.73 Å². The minimum absolute atomic E-state index is 0.718. The predicted molar refractivity (Wildman–Crippen MR) is 61.8 cm³/mol. The fraction of sp³-hybridized carbons (Fsp3) is 0.273. The van der Waals surface area contributed by atoms with E-state index in [9.17, 15) is 0 Å². The van der Waals surface area contributed by atoms with E-state index in [0.29, 0.717) is 0 Å². The van der Waals surface area contributed by atoms with E-state index < -0.39 is 0 Å². The van der Waals surface area contributed by atoms with Crippen LogP contribution in [0.5, 0.6) is 0 Å². The van der Waals surface area contributed by atoms with Crippen molar-refractivity contribution in [1.29, 1.82) is 0 Å². The molecule has 13 heavy (non-hydrogen) atoms. The normalized spacial score (nSPS) is 10.9. The Kier molecular flexibility index (Phi) is 4.79. The molecule has 0 aliphatic heterocycles. The summed E-state index contributed by atoms with van der Waals surface area (Å²) in [5.41, 5.74) is 7.92. The van der Waals surface area contributed by atoms with Gasteiger partial charge in [-0.05, 0) is 24.1 Å². The third-order valence-electron chi connectivity index (χ3n) is 1.78. The molecule has 0 unspecified atom stereocenters. The Morgan fingerprint density at radius 1 is 1.23 bits per heavy atom. The number of hydrogen-bond donors (Lipinski definition) is 1. The summed E-state index contributed by atoms with van der Waals surface area (Å²) in [7, 11) is 0. The molecule has 1 rings (SSSR count). The smallest absolute Gasteiger partial charge is 0.0283 e. The Hall–Kier alpha value is -0.600. The van der Waals surface area contributed by atoms with Crippen molar-refractivity contribution in [3.63, 3.8) is 0 Å². The molecule has 0 radical (unpaired) electrons. The summed E-state index contributed by atoms with van der Waals surface area (Å²) in [6.07, 6.45) is 5.15. The number of halogens is 1. The lowest BCUT2D eigenvalue weighted by Gasteiger charge is -1.96. The highest BCUT2D eigenvalue weighted by molar-refractivity contribution is 9.08. The van der Waals surface area contributed by atoms with Crippen LogP contribution in [0.15, 0.2) is 30.3 Å². The van der Waals surface area contributed by atoms with Gasteiger partial charge in [0.1, 0.15) is 0 Å². The summed E-state index contributed by atoms with van der Waals surface area (Å²) in [5.74, 6) is 0. The summed E-state index contributed by atoms with van der Waals surface area (Å²) in [4.78, 5) is 0. The minimum Gasteiger partial charge on any atom is -0.330 e. The molecule has 0 amide bonds. The lowest BCUT2D eigenvalue weighted by molar-refractivity contribution is 1.01. The van der Waals surface area contributed by atoms with Gasteiger partial charge in [-0.3, -0.25) is 0 Å². The van der Waals surface area contributed by atoms with Crippen LogP contribution in [0.3, 0.4) is 0 Å². The van der Waals surface area contributed by atoms with E-state index in [-0.39, 0.29) is 0 Å². The third kappa shape index (κ3) is 3.75. The Morgan fingerprint density at radius 3 is 2.46 bits per heavy atom. The maximum atomic E-state index is 5.38. The fourth-order valence-electron chi connectivity index (χ4n) is 1.03. The van der Waals surface area contributed by atoms with Gasteiger partial charge in [-0.2, -0.15) is 0 Å². The van der Waals surface area contributed by atoms with Crippen molar-refractivity contribution in [3.8, 4) is 0 Å². The molecule has 1 nitrogen and oxygen atoms in total. The second-order valence-electron chi connectivity index (χ2n) is 2.85. The van der Waals surface area contributed by atoms with Crippen molar-refractivity contribution >= 4 is 22.0 Å². The van der Waals surface area contributed by atoms with Crippen molar-refractivity contribution in [1.82, 2.24) is 0 Å². The molecule has 0 aliphatic carbocycles. The number of hydrogen-bond acceptors (Lipinski definition) is 1. The van der Waals surface area contributed by atoms with Gasteiger partial charge in [0.25, 0.3) is 0 Å². The van der Waals surface area contributed by atoms with Crippen LogP contribution in [0.4, 0.5) is 0 Å². The third-order valence-corrected chi connectivity index (χ3v) is 2.43. The first-order valence-corrected chi connectivity index (χ1v) is 5.50. The molecule has 0 heterocycles. The van der Waals surface area contributed by atoms with Gasteiger partial charge in [0.15, 0.2) is 0 Å². The van der Waals surface area contributed by atoms with Crippen LogP contribution >= 0.6 is 15.9 Å². The highest BCUT2D eigenvalue weighted by Crippen LogP contribution is 2.09. The standard InChI is InChI=1S/C11H14BrN/c12-9-11-6-4-10(5-7-11)3-1-2-8-13/h1,3-7H,2,8-9,13H2. The average Bonchev–Trinajstić information content (AvgIpc) is 2.19. The zero-order chi connectivity index (χ0) is 9.52. The molecule has 0 saturated heterocycles. The topological polar surface area (TPSA) is 26.0 Å². The second-order valence-corrected chi connectivity index (χ2v) is 3.42. The van der Waals surface area contributed by atoms with Gasteiger partial charge in [0, 0.05) is 5.33 Å². The largest absolute Gasteiger partial charge is 0.330 e. The Labute approximate surface area is 87.8 Å². The fourth-order valence-corrected chi connectivity index (χ4v) is 1.41. The van der Waals surface area contributed by atoms with E-state index in [4.69, 9.17) is 5.73 Å². The first-order valence-electron chi connectivity index (χ1n) is 4.38. The lowest BCUT2D eigenvalue weighted by atomic mass is 10.1. The summed E-state index contributed by atoms with van der Waals surface area (Å²) < 4.78 is 0. The van der Waals surface area contributed by atoms with Crippen LogP contribution in [0.1, 0.15) is 17.5 Å². The molecular formula is C11H14BrN. The molecule has 0 aliphatic rings. The lowest BCUT2D eigenvalue weighted by Crippen LogP contribution is -1.94. The molecule has 0 aromatic heterocycles. The molecule has 0 bridgehead atoms. The quantitative estimate of drug-likeness (QED) is 0.804. The zero-order valence-corrected chi connectivity index (χ0v) is 9.13. The van der Waals surface area contributed by atoms with Gasteiger partial charge in [0.2, 0.25) is 0 Å². The van der Waals surface area contributed by atoms with E-state index >= 15 is 0 Å². The van der Waals surface area contributed by atoms with Gasteiger partial charge >= 0.3 is 0 Å². The van der Waals surface area contributed by atoms with E-state index in [2.05, 4.69) is 52.3 Å². The highest BCUT2D eigenvalue weighted by Gasteiger charge is 1.88. The average molecular weight is 240 g/mol. The van der Waals surface area contributed by atoms with Gasteiger partial charge in [-0.15, -0.1) is 0 Å². The van der Waals surface area contributed by atoms with Crippen LogP contribution in [0.25, 0.3) is 6.08 Å². The van der Waals surface area contributed by atoms with E-state index in [1.165, 1.54) is 11.1 Å². The number of benzene rings is 1. The zero-order valence-electron chi connectivity index (χ0n) is 7.54. The van der Waals surface area contributed by atoms with Crippen molar-refractivity contribution in [2.45, 2.75) is 11.8 Å². The van der Waals surface area contributed by atoms with Crippen LogP contribution in [0.2, 0.25) is 0 Å². The van der Waals surface area contributed by atoms with Crippen molar-refractivity contribution in [2.75, 3.05) is 6.54 Å². The number of nitrogens with two attached hydrogens (primary N) is 1. The van der Waals surface area contributed by atoms with Crippen molar-refractivity contribution < 1.29 is 0 Å². The molecule has 2 N–H and O–H groups in total. The molecule has 1 aromatic carbocycles. The van der Waals surface area contributed by atoms with Crippen LogP contribution < -0.4 is 5.73 Å². The molecule has 0 atom stereocenters. The molecule has 2 heteroatoms. The molecular weight excluding hydrogens is 226 g/mol. The van der Waals surface area contributed by atoms with E-state index in [1.54, 1.807) is 0 Å². The predicted octanol–water partition coefficient (Wildman–Crippen LogP) is 2.94. The first kappa shape index (κ1) is 10.5. The van der Waals surface area contributed by atoms with Crippen LogP contribution in [-0.2, 0) is 5.33 Å². The molecule has 0 fully saturated rings. The monoisotopic (exact) mass is 239 g/mol. The van der Waals surface area contributed by atoms with Crippen molar-refractivity contribution in [3.05, 3.63) is 41.5 Å². The Bertz CT molecular complexity index is 264. The van der Waals surface area contributed by atoms with Gasteiger partial charge in [-0.1, -0.05) is 52.3 Å². The SMILES string of the molecule is NCCC=Cc1ccc(CBr)cc1. The molecule has 0 saturated carbocycles. The van der Waals surface area contributed by atoms with E-state index in [1.807, 2.05) is 0 Å². The van der Waals surface area contributed by atoms with Crippen LogP contribution in [0, 0.1) is 0 Å². The molecule has 1 aromatic rings. The summed E-state index contributed by atoms with van der Waals surface area (Å²) in [6.45, 7) is 0.718. The number of rotatable bonds is 4. The van der Waals surface area contributed by atoms with Gasteiger partial charge in [-0.25, -0.2) is 0 Å².